The Balaban J connectivity index is 0.00000361. The van der Waals surface area contributed by atoms with Crippen LogP contribution in [0.4, 0.5) is 0 Å². The van der Waals surface area contributed by atoms with Crippen LogP contribution in [0.3, 0.4) is 0 Å². The predicted octanol–water partition coefficient (Wildman–Crippen LogP) is -2.68. The minimum atomic E-state index is -4.43. The number of thioether (sulfide) groups is 1. The van der Waals surface area contributed by atoms with Gasteiger partial charge in [-0.05, 0) is 17.7 Å². The molecule has 6 nitrogen and oxygen atoms in total. The minimum absolute atomic E-state index is 0. The molecule has 1 aromatic carbocycles. The van der Waals surface area contributed by atoms with Crippen molar-refractivity contribution in [1.29, 1.82) is 0 Å². The first-order valence-electron chi connectivity index (χ1n) is 5.31. The van der Waals surface area contributed by atoms with Crippen LogP contribution in [0.15, 0.2) is 29.2 Å². The fourth-order valence-corrected chi connectivity index (χ4v) is 2.92. The van der Waals surface area contributed by atoms with E-state index < -0.39 is 27.9 Å². The molecule has 0 radical (unpaired) electrons. The van der Waals surface area contributed by atoms with Gasteiger partial charge in [-0.25, -0.2) is 8.42 Å². The minimum Gasteiger partial charge on any atom is -0.748 e. The maximum absolute atomic E-state index is 10.5. The molecule has 1 atom stereocenters. The number of rotatable bonds is 7. The maximum atomic E-state index is 10.5. The standard InChI is InChI=1S/C11H14O6S2.Na/c12-9(7-19(15,16)17)6-18-10-3-1-8(2-4-10)5-11(13)14;/h1-4,9,12H,5-7H2,(H,13,14)(H,15,16,17);/q;+1/p-1. The summed E-state index contributed by atoms with van der Waals surface area (Å²) in [5, 5.41) is 17.9. The zero-order chi connectivity index (χ0) is 14.5. The van der Waals surface area contributed by atoms with Crippen LogP contribution in [0.2, 0.25) is 0 Å². The quantitative estimate of drug-likeness (QED) is 0.318. The van der Waals surface area contributed by atoms with Crippen molar-refractivity contribution in [2.75, 3.05) is 11.5 Å². The zero-order valence-corrected chi connectivity index (χ0v) is 14.5. The van der Waals surface area contributed by atoms with Crippen LogP contribution in [0.25, 0.3) is 0 Å². The van der Waals surface area contributed by atoms with Gasteiger partial charge in [0.25, 0.3) is 0 Å². The van der Waals surface area contributed by atoms with Crippen LogP contribution < -0.4 is 29.6 Å². The average Bonchev–Trinajstić information content (AvgIpc) is 2.25. The molecule has 1 unspecified atom stereocenters. The van der Waals surface area contributed by atoms with Crippen LogP contribution in [0, 0.1) is 0 Å². The number of aliphatic carboxylic acids is 1. The van der Waals surface area contributed by atoms with E-state index in [-0.39, 0.29) is 41.7 Å². The molecule has 0 fully saturated rings. The maximum Gasteiger partial charge on any atom is 1.00 e. The Morgan fingerprint density at radius 2 is 1.85 bits per heavy atom. The van der Waals surface area contributed by atoms with Crippen molar-refractivity contribution in [1.82, 2.24) is 0 Å². The first-order chi connectivity index (χ1) is 8.76. The van der Waals surface area contributed by atoms with Crippen LogP contribution in [0.5, 0.6) is 0 Å². The van der Waals surface area contributed by atoms with Gasteiger partial charge in [0, 0.05) is 10.6 Å². The summed E-state index contributed by atoms with van der Waals surface area (Å²) in [7, 11) is -4.43. The number of aliphatic hydroxyl groups is 1. The summed E-state index contributed by atoms with van der Waals surface area (Å²) in [6, 6.07) is 6.66. The van der Waals surface area contributed by atoms with Crippen LogP contribution in [0.1, 0.15) is 5.56 Å². The topological polar surface area (TPSA) is 115 Å². The van der Waals surface area contributed by atoms with Crippen molar-refractivity contribution in [3.8, 4) is 0 Å². The Kier molecular flexibility index (Phi) is 8.99. The second-order valence-electron chi connectivity index (χ2n) is 3.90. The molecule has 0 aliphatic rings. The Bertz CT molecular complexity index is 528. The van der Waals surface area contributed by atoms with E-state index in [4.69, 9.17) is 5.11 Å². The van der Waals surface area contributed by atoms with Gasteiger partial charge in [0.05, 0.1) is 28.4 Å². The molecule has 1 aromatic rings. The largest absolute Gasteiger partial charge is 1.00 e. The molecule has 20 heavy (non-hydrogen) atoms. The molecule has 106 valence electrons. The van der Waals surface area contributed by atoms with Crippen molar-refractivity contribution in [2.24, 2.45) is 0 Å². The fourth-order valence-electron chi connectivity index (χ4n) is 1.35. The summed E-state index contributed by atoms with van der Waals surface area (Å²) in [6.45, 7) is 0. The van der Waals surface area contributed by atoms with E-state index >= 15 is 0 Å². The monoisotopic (exact) mass is 328 g/mol. The number of hydrogen-bond donors (Lipinski definition) is 2. The Morgan fingerprint density at radius 3 is 2.30 bits per heavy atom. The SMILES string of the molecule is O=C(O)Cc1ccc(SCC(O)CS(=O)(=O)[O-])cc1.[Na+]. The van der Waals surface area contributed by atoms with Gasteiger partial charge < -0.3 is 14.8 Å². The molecule has 1 rings (SSSR count). The number of benzene rings is 1. The molecule has 0 saturated carbocycles. The summed E-state index contributed by atoms with van der Waals surface area (Å²) in [4.78, 5) is 11.2. The number of carboxylic acids is 1. The molecule has 2 N–H and O–H groups in total. The van der Waals surface area contributed by atoms with Gasteiger partial charge in [-0.3, -0.25) is 4.79 Å². The van der Waals surface area contributed by atoms with Gasteiger partial charge in [-0.15, -0.1) is 11.8 Å². The van der Waals surface area contributed by atoms with Crippen molar-refractivity contribution in [3.63, 3.8) is 0 Å². The number of hydrogen-bond acceptors (Lipinski definition) is 6. The normalized spacial score (nSPS) is 12.5. The van der Waals surface area contributed by atoms with E-state index in [2.05, 4.69) is 0 Å². The van der Waals surface area contributed by atoms with Gasteiger partial charge in [0.15, 0.2) is 0 Å². The van der Waals surface area contributed by atoms with E-state index in [1.165, 1.54) is 11.8 Å². The van der Waals surface area contributed by atoms with Gasteiger partial charge in [0.2, 0.25) is 0 Å². The molecule has 0 aliphatic carbocycles. The molecule has 9 heteroatoms. The smallest absolute Gasteiger partial charge is 0.748 e. The molecular formula is C11H13NaO6S2. The molecule has 0 amide bonds. The van der Waals surface area contributed by atoms with Gasteiger partial charge in [-0.1, -0.05) is 12.1 Å². The summed E-state index contributed by atoms with van der Waals surface area (Å²) < 4.78 is 31.3. The van der Waals surface area contributed by atoms with Crippen molar-refractivity contribution < 1.29 is 57.5 Å². The first-order valence-corrected chi connectivity index (χ1v) is 7.88. The number of carbonyl (C=O) groups is 1. The van der Waals surface area contributed by atoms with E-state index in [9.17, 15) is 22.9 Å². The Labute approximate surface area is 143 Å². The third-order valence-corrected chi connectivity index (χ3v) is 4.07. The molecule has 0 saturated heterocycles. The fraction of sp³-hybridized carbons (Fsp3) is 0.364. The van der Waals surface area contributed by atoms with Crippen LogP contribution in [-0.2, 0) is 21.3 Å². The molecule has 0 heterocycles. The van der Waals surface area contributed by atoms with Gasteiger partial charge in [0.1, 0.15) is 0 Å². The molecule has 0 aliphatic heterocycles. The summed E-state index contributed by atoms with van der Waals surface area (Å²) in [5.41, 5.74) is 0.652. The van der Waals surface area contributed by atoms with Crippen molar-refractivity contribution >= 4 is 27.8 Å². The third kappa shape index (κ3) is 8.96. The van der Waals surface area contributed by atoms with Gasteiger partial charge >= 0.3 is 35.5 Å². The second-order valence-corrected chi connectivity index (χ2v) is 6.45. The van der Waals surface area contributed by atoms with Crippen LogP contribution in [-0.4, -0.2) is 46.8 Å². The van der Waals surface area contributed by atoms with E-state index in [0.29, 0.717) is 5.56 Å². The average molecular weight is 328 g/mol. The summed E-state index contributed by atoms with van der Waals surface area (Å²) in [5.74, 6) is -1.65. The Hall–Kier alpha value is -0.0900. The van der Waals surface area contributed by atoms with E-state index in [1.807, 2.05) is 0 Å². The number of carboxylic acid groups (broad SMARTS) is 1. The summed E-state index contributed by atoms with van der Waals surface area (Å²) >= 11 is 1.20. The Morgan fingerprint density at radius 1 is 1.30 bits per heavy atom. The second kappa shape index (κ2) is 9.04. The van der Waals surface area contributed by atoms with Crippen LogP contribution >= 0.6 is 11.8 Å². The number of aliphatic hydroxyl groups excluding tert-OH is 1. The first kappa shape index (κ1) is 19.9. The third-order valence-electron chi connectivity index (χ3n) is 2.12. The molecule has 0 aromatic heterocycles. The van der Waals surface area contributed by atoms with Crippen molar-refractivity contribution in [3.05, 3.63) is 29.8 Å². The van der Waals surface area contributed by atoms with Gasteiger partial charge in [-0.2, -0.15) is 0 Å². The molecule has 0 spiro atoms. The zero-order valence-electron chi connectivity index (χ0n) is 10.9. The molecular weight excluding hydrogens is 315 g/mol. The van der Waals surface area contributed by atoms with E-state index in [1.54, 1.807) is 24.3 Å². The summed E-state index contributed by atoms with van der Waals surface area (Å²) in [6.07, 6.45) is -1.28. The van der Waals surface area contributed by atoms with Crippen molar-refractivity contribution in [2.45, 2.75) is 17.4 Å². The molecule has 0 bridgehead atoms. The van der Waals surface area contributed by atoms with E-state index in [0.717, 1.165) is 4.90 Å². The predicted molar refractivity (Wildman–Crippen MR) is 69.1 cm³/mol.